The van der Waals surface area contributed by atoms with Crippen LogP contribution in [0.15, 0.2) is 47.5 Å². The third-order valence-electron chi connectivity index (χ3n) is 4.72. The third kappa shape index (κ3) is 2.52. The standard InChI is InChI=1S/C19H19FN4O2/c1-22-16-6-7-21-12-17(16)24(19(22)26)18-11-13-10-14(20)4-5-15(13)23(18)8-2-3-9-25/h4-7,10-12,25H,2-3,8-9H2,1H3. The summed E-state index contributed by atoms with van der Waals surface area (Å²) in [5, 5.41) is 9.83. The van der Waals surface area contributed by atoms with Gasteiger partial charge in [-0.25, -0.2) is 13.8 Å². The number of aryl methyl sites for hydroxylation is 2. The summed E-state index contributed by atoms with van der Waals surface area (Å²) < 4.78 is 18.9. The molecule has 0 saturated heterocycles. The van der Waals surface area contributed by atoms with E-state index in [1.165, 1.54) is 12.1 Å². The van der Waals surface area contributed by atoms with Gasteiger partial charge in [0.05, 0.1) is 17.2 Å². The van der Waals surface area contributed by atoms with E-state index in [-0.39, 0.29) is 18.1 Å². The predicted octanol–water partition coefficient (Wildman–Crippen LogP) is 2.59. The molecule has 0 saturated carbocycles. The van der Waals surface area contributed by atoms with E-state index < -0.39 is 0 Å². The molecule has 0 bridgehead atoms. The van der Waals surface area contributed by atoms with Crippen LogP contribution in [-0.2, 0) is 13.6 Å². The molecule has 0 spiro atoms. The molecule has 0 fully saturated rings. The Labute approximate surface area is 148 Å². The number of halogens is 1. The monoisotopic (exact) mass is 354 g/mol. The SMILES string of the molecule is Cn1c(=O)n(-c2cc3cc(F)ccc3n2CCCCO)c2cnccc21. The Hall–Kier alpha value is -2.93. The van der Waals surface area contributed by atoms with Gasteiger partial charge in [0.1, 0.15) is 11.6 Å². The van der Waals surface area contributed by atoms with Crippen molar-refractivity contribution in [1.29, 1.82) is 0 Å². The zero-order valence-electron chi connectivity index (χ0n) is 14.4. The van der Waals surface area contributed by atoms with E-state index in [0.717, 1.165) is 22.8 Å². The molecule has 4 rings (SSSR count). The highest BCUT2D eigenvalue weighted by Gasteiger charge is 2.18. The molecule has 0 aliphatic carbocycles. The number of rotatable bonds is 5. The van der Waals surface area contributed by atoms with E-state index in [4.69, 9.17) is 5.11 Å². The summed E-state index contributed by atoms with van der Waals surface area (Å²) in [6, 6.07) is 8.23. The number of aliphatic hydroxyl groups excluding tert-OH is 1. The van der Waals surface area contributed by atoms with Crippen LogP contribution >= 0.6 is 0 Å². The van der Waals surface area contributed by atoms with Gasteiger partial charge >= 0.3 is 5.69 Å². The highest BCUT2D eigenvalue weighted by molar-refractivity contribution is 5.85. The van der Waals surface area contributed by atoms with Gasteiger partial charge in [-0.1, -0.05) is 0 Å². The van der Waals surface area contributed by atoms with Gasteiger partial charge in [-0.15, -0.1) is 0 Å². The zero-order chi connectivity index (χ0) is 18.3. The van der Waals surface area contributed by atoms with Crippen molar-refractivity contribution in [3.63, 3.8) is 0 Å². The van der Waals surface area contributed by atoms with Crippen LogP contribution in [0.3, 0.4) is 0 Å². The molecule has 0 unspecified atom stereocenters. The molecule has 0 aliphatic rings. The lowest BCUT2D eigenvalue weighted by Gasteiger charge is -2.11. The second kappa shape index (κ2) is 6.42. The molecule has 3 heterocycles. The molecule has 0 amide bonds. The first-order valence-corrected chi connectivity index (χ1v) is 8.53. The second-order valence-corrected chi connectivity index (χ2v) is 6.33. The Morgan fingerprint density at radius 3 is 2.77 bits per heavy atom. The van der Waals surface area contributed by atoms with Crippen LogP contribution in [0.1, 0.15) is 12.8 Å². The number of pyridine rings is 1. The van der Waals surface area contributed by atoms with Gasteiger partial charge in [0, 0.05) is 37.3 Å². The molecular formula is C19H19FN4O2. The smallest absolute Gasteiger partial charge is 0.334 e. The Bertz CT molecular complexity index is 1160. The van der Waals surface area contributed by atoms with Gasteiger partial charge < -0.3 is 9.67 Å². The number of unbranched alkanes of at least 4 members (excludes halogenated alkanes) is 1. The number of hydrogen-bond donors (Lipinski definition) is 1. The minimum absolute atomic E-state index is 0.112. The quantitative estimate of drug-likeness (QED) is 0.560. The van der Waals surface area contributed by atoms with Gasteiger partial charge in [-0.3, -0.25) is 9.55 Å². The van der Waals surface area contributed by atoms with Gasteiger partial charge in [0.2, 0.25) is 0 Å². The van der Waals surface area contributed by atoms with Crippen molar-refractivity contribution in [3.8, 4) is 5.82 Å². The number of benzene rings is 1. The summed E-state index contributed by atoms with van der Waals surface area (Å²) in [6.45, 7) is 0.732. The number of nitrogens with zero attached hydrogens (tertiary/aromatic N) is 4. The number of fused-ring (bicyclic) bond motifs is 2. The van der Waals surface area contributed by atoms with Gasteiger partial charge in [0.15, 0.2) is 0 Å². The largest absolute Gasteiger partial charge is 0.396 e. The lowest BCUT2D eigenvalue weighted by Crippen LogP contribution is -2.23. The molecule has 26 heavy (non-hydrogen) atoms. The highest BCUT2D eigenvalue weighted by atomic mass is 19.1. The van der Waals surface area contributed by atoms with Crippen LogP contribution in [0.25, 0.3) is 27.8 Å². The molecule has 6 nitrogen and oxygen atoms in total. The molecule has 7 heteroatoms. The fraction of sp³-hybridized carbons (Fsp3) is 0.263. The number of hydrogen-bond acceptors (Lipinski definition) is 3. The van der Waals surface area contributed by atoms with Crippen molar-refractivity contribution in [2.75, 3.05) is 6.61 Å². The molecule has 0 aliphatic heterocycles. The molecule has 1 N–H and O–H groups in total. The molecule has 0 atom stereocenters. The van der Waals surface area contributed by atoms with Crippen LogP contribution in [0.2, 0.25) is 0 Å². The maximum absolute atomic E-state index is 13.7. The van der Waals surface area contributed by atoms with Crippen molar-refractivity contribution in [2.24, 2.45) is 7.05 Å². The Morgan fingerprint density at radius 2 is 1.96 bits per heavy atom. The zero-order valence-corrected chi connectivity index (χ0v) is 14.4. The van der Waals surface area contributed by atoms with Crippen molar-refractivity contribution < 1.29 is 9.50 Å². The third-order valence-corrected chi connectivity index (χ3v) is 4.72. The molecule has 134 valence electrons. The lowest BCUT2D eigenvalue weighted by molar-refractivity contribution is 0.281. The average molecular weight is 354 g/mol. The molecule has 3 aromatic heterocycles. The summed E-state index contributed by atoms with van der Waals surface area (Å²) in [4.78, 5) is 17.0. The number of imidazole rings is 1. The van der Waals surface area contributed by atoms with E-state index >= 15 is 0 Å². The van der Waals surface area contributed by atoms with Gasteiger partial charge in [0.25, 0.3) is 0 Å². The van der Waals surface area contributed by atoms with E-state index in [1.807, 2.05) is 10.6 Å². The minimum atomic E-state index is -0.316. The van der Waals surface area contributed by atoms with E-state index in [2.05, 4.69) is 4.98 Å². The summed E-state index contributed by atoms with van der Waals surface area (Å²) in [6.07, 6.45) is 4.72. The van der Waals surface area contributed by atoms with E-state index in [0.29, 0.717) is 24.3 Å². The first-order chi connectivity index (χ1) is 12.6. The Morgan fingerprint density at radius 1 is 1.12 bits per heavy atom. The summed E-state index contributed by atoms with van der Waals surface area (Å²) in [5.41, 5.74) is 2.15. The first-order valence-electron chi connectivity index (χ1n) is 8.53. The topological polar surface area (TPSA) is 65.0 Å². The highest BCUT2D eigenvalue weighted by Crippen LogP contribution is 2.26. The number of aliphatic hydroxyl groups is 1. The fourth-order valence-electron chi connectivity index (χ4n) is 3.44. The maximum Gasteiger partial charge on any atom is 0.334 e. The van der Waals surface area contributed by atoms with Crippen LogP contribution in [0.4, 0.5) is 4.39 Å². The number of aromatic nitrogens is 4. The summed E-state index contributed by atoms with van der Waals surface area (Å²) in [7, 11) is 1.72. The lowest BCUT2D eigenvalue weighted by atomic mass is 10.2. The maximum atomic E-state index is 13.7. The fourth-order valence-corrected chi connectivity index (χ4v) is 3.44. The summed E-state index contributed by atoms with van der Waals surface area (Å²) in [5.74, 6) is 0.357. The van der Waals surface area contributed by atoms with Crippen LogP contribution < -0.4 is 5.69 Å². The van der Waals surface area contributed by atoms with Crippen LogP contribution in [-0.4, -0.2) is 30.4 Å². The normalized spacial score (nSPS) is 11.7. The summed E-state index contributed by atoms with van der Waals surface area (Å²) >= 11 is 0. The molecule has 1 aromatic carbocycles. The van der Waals surface area contributed by atoms with Crippen molar-refractivity contribution in [2.45, 2.75) is 19.4 Å². The average Bonchev–Trinajstić information content (AvgIpc) is 3.10. The molecular weight excluding hydrogens is 335 g/mol. The first kappa shape index (κ1) is 16.5. The van der Waals surface area contributed by atoms with Crippen LogP contribution in [0, 0.1) is 5.82 Å². The minimum Gasteiger partial charge on any atom is -0.396 e. The Balaban J connectivity index is 2.01. The van der Waals surface area contributed by atoms with Crippen LogP contribution in [0.5, 0.6) is 0 Å². The molecule has 4 aromatic rings. The van der Waals surface area contributed by atoms with Crippen molar-refractivity contribution in [1.82, 2.24) is 18.7 Å². The Kier molecular flexibility index (Phi) is 4.08. The van der Waals surface area contributed by atoms with E-state index in [9.17, 15) is 9.18 Å². The molecule has 0 radical (unpaired) electrons. The predicted molar refractivity (Wildman–Crippen MR) is 98.1 cm³/mol. The second-order valence-electron chi connectivity index (χ2n) is 6.33. The van der Waals surface area contributed by atoms with Gasteiger partial charge in [-0.05, 0) is 43.2 Å². The van der Waals surface area contributed by atoms with Crippen molar-refractivity contribution >= 4 is 21.9 Å². The van der Waals surface area contributed by atoms with E-state index in [1.54, 1.807) is 40.7 Å². The van der Waals surface area contributed by atoms with Crippen molar-refractivity contribution in [3.05, 3.63) is 59.0 Å². The van der Waals surface area contributed by atoms with Gasteiger partial charge in [-0.2, -0.15) is 0 Å².